The van der Waals surface area contributed by atoms with Crippen molar-refractivity contribution in [3.63, 3.8) is 0 Å². The smallest absolute Gasteiger partial charge is 0.00697 e. The first kappa shape index (κ1) is 16.3. The minimum Gasteiger partial charge on any atom is -0.311 e. The molecule has 0 spiro atoms. The minimum atomic E-state index is 0.504. The Morgan fingerprint density at radius 3 is 2.15 bits per heavy atom. The van der Waals surface area contributed by atoms with Crippen LogP contribution in [0.25, 0.3) is 0 Å². The van der Waals surface area contributed by atoms with Gasteiger partial charge < -0.3 is 5.32 Å². The predicted molar refractivity (Wildman–Crippen MR) is 89.0 cm³/mol. The zero-order valence-corrected chi connectivity index (χ0v) is 14.4. The van der Waals surface area contributed by atoms with Crippen molar-refractivity contribution in [3.8, 4) is 0 Å². The van der Waals surface area contributed by atoms with E-state index in [0.717, 1.165) is 23.9 Å². The van der Waals surface area contributed by atoms with Gasteiger partial charge in [0.05, 0.1) is 0 Å². The summed E-state index contributed by atoms with van der Waals surface area (Å²) in [6, 6.07) is 1.53. The van der Waals surface area contributed by atoms with Gasteiger partial charge in [0.25, 0.3) is 0 Å². The Labute approximate surface area is 127 Å². The molecule has 0 amide bonds. The SMILES string of the molecule is C[C@H](NC1CCCC(C(C)(C)C)CC1)C1CCCCC1. The highest BCUT2D eigenvalue weighted by Crippen LogP contribution is 2.37. The van der Waals surface area contributed by atoms with Crippen LogP contribution in [0.15, 0.2) is 0 Å². The van der Waals surface area contributed by atoms with E-state index in [-0.39, 0.29) is 0 Å². The highest BCUT2D eigenvalue weighted by molar-refractivity contribution is 4.84. The Kier molecular flexibility index (Phi) is 5.95. The molecule has 0 aromatic carbocycles. The molecule has 0 saturated heterocycles. The molecule has 0 radical (unpaired) electrons. The number of hydrogen-bond donors (Lipinski definition) is 1. The van der Waals surface area contributed by atoms with Crippen LogP contribution in [0.4, 0.5) is 0 Å². The topological polar surface area (TPSA) is 12.0 Å². The van der Waals surface area contributed by atoms with Gasteiger partial charge in [0.15, 0.2) is 0 Å². The fourth-order valence-corrected chi connectivity index (χ4v) is 4.48. The molecule has 118 valence electrons. The second kappa shape index (κ2) is 7.29. The molecule has 2 fully saturated rings. The van der Waals surface area contributed by atoms with E-state index >= 15 is 0 Å². The molecule has 0 aliphatic heterocycles. The van der Waals surface area contributed by atoms with Crippen LogP contribution in [0.2, 0.25) is 0 Å². The van der Waals surface area contributed by atoms with Crippen molar-refractivity contribution in [1.29, 1.82) is 0 Å². The molecule has 0 heterocycles. The van der Waals surface area contributed by atoms with Gasteiger partial charge in [-0.15, -0.1) is 0 Å². The molecule has 20 heavy (non-hydrogen) atoms. The fraction of sp³-hybridized carbons (Fsp3) is 1.00. The molecule has 2 unspecified atom stereocenters. The Balaban J connectivity index is 1.78. The summed E-state index contributed by atoms with van der Waals surface area (Å²) in [5.41, 5.74) is 0.504. The first-order valence-electron chi connectivity index (χ1n) is 9.23. The third-order valence-electron chi connectivity index (χ3n) is 6.05. The van der Waals surface area contributed by atoms with E-state index in [2.05, 4.69) is 33.0 Å². The van der Waals surface area contributed by atoms with Gasteiger partial charge in [0.1, 0.15) is 0 Å². The number of hydrogen-bond acceptors (Lipinski definition) is 1. The molecular formula is C19H37N. The summed E-state index contributed by atoms with van der Waals surface area (Å²) in [5, 5.41) is 4.00. The largest absolute Gasteiger partial charge is 0.311 e. The quantitative estimate of drug-likeness (QED) is 0.669. The third kappa shape index (κ3) is 4.76. The Hall–Kier alpha value is -0.0400. The second-order valence-electron chi connectivity index (χ2n) is 8.62. The average Bonchev–Trinajstić information content (AvgIpc) is 2.65. The maximum atomic E-state index is 4.00. The summed E-state index contributed by atoms with van der Waals surface area (Å²) in [6.07, 6.45) is 14.4. The first-order chi connectivity index (χ1) is 9.47. The monoisotopic (exact) mass is 279 g/mol. The normalized spacial score (nSPS) is 31.8. The van der Waals surface area contributed by atoms with E-state index in [9.17, 15) is 0 Å². The molecule has 0 bridgehead atoms. The van der Waals surface area contributed by atoms with E-state index in [4.69, 9.17) is 0 Å². The highest BCUT2D eigenvalue weighted by Gasteiger charge is 2.29. The van der Waals surface area contributed by atoms with Crippen molar-refractivity contribution < 1.29 is 0 Å². The lowest BCUT2D eigenvalue weighted by atomic mass is 9.76. The molecule has 3 atom stereocenters. The third-order valence-corrected chi connectivity index (χ3v) is 6.05. The van der Waals surface area contributed by atoms with Crippen LogP contribution in [-0.2, 0) is 0 Å². The molecule has 1 heteroatoms. The average molecular weight is 280 g/mol. The Morgan fingerprint density at radius 2 is 1.50 bits per heavy atom. The Bertz CT molecular complexity index is 272. The molecule has 2 rings (SSSR count). The van der Waals surface area contributed by atoms with Gasteiger partial charge in [-0.05, 0) is 62.7 Å². The van der Waals surface area contributed by atoms with Crippen LogP contribution in [0, 0.1) is 17.3 Å². The zero-order chi connectivity index (χ0) is 14.6. The van der Waals surface area contributed by atoms with Gasteiger partial charge in [0.2, 0.25) is 0 Å². The molecule has 2 saturated carbocycles. The van der Waals surface area contributed by atoms with E-state index in [1.165, 1.54) is 64.2 Å². The van der Waals surface area contributed by atoms with E-state index in [0.29, 0.717) is 5.41 Å². The van der Waals surface area contributed by atoms with Gasteiger partial charge in [-0.3, -0.25) is 0 Å². The second-order valence-corrected chi connectivity index (χ2v) is 8.62. The molecule has 0 aromatic heterocycles. The lowest BCUT2D eigenvalue weighted by Crippen LogP contribution is -2.41. The Morgan fingerprint density at radius 1 is 0.800 bits per heavy atom. The van der Waals surface area contributed by atoms with Crippen LogP contribution in [-0.4, -0.2) is 12.1 Å². The van der Waals surface area contributed by atoms with Crippen LogP contribution in [0.1, 0.15) is 91.9 Å². The lowest BCUT2D eigenvalue weighted by molar-refractivity contribution is 0.211. The van der Waals surface area contributed by atoms with Crippen molar-refractivity contribution in [2.75, 3.05) is 0 Å². The van der Waals surface area contributed by atoms with Crippen LogP contribution < -0.4 is 5.32 Å². The minimum absolute atomic E-state index is 0.504. The van der Waals surface area contributed by atoms with Gasteiger partial charge in [0, 0.05) is 12.1 Å². The molecular weight excluding hydrogens is 242 g/mol. The summed E-state index contributed by atoms with van der Waals surface area (Å²) >= 11 is 0. The standard InChI is InChI=1S/C19H37N/c1-15(16-9-6-5-7-10-16)20-18-12-8-11-17(13-14-18)19(2,3)4/h15-18,20H,5-14H2,1-4H3/t15-,17?,18?/m0/s1. The van der Waals surface area contributed by atoms with Crippen molar-refractivity contribution in [2.45, 2.75) is 104 Å². The van der Waals surface area contributed by atoms with E-state index < -0.39 is 0 Å². The summed E-state index contributed by atoms with van der Waals surface area (Å²) in [4.78, 5) is 0. The van der Waals surface area contributed by atoms with E-state index in [1.54, 1.807) is 0 Å². The molecule has 2 aliphatic carbocycles. The van der Waals surface area contributed by atoms with Crippen molar-refractivity contribution >= 4 is 0 Å². The molecule has 2 aliphatic rings. The number of rotatable bonds is 3. The lowest BCUT2D eigenvalue weighted by Gasteiger charge is -2.32. The number of nitrogens with one attached hydrogen (secondary N) is 1. The maximum absolute atomic E-state index is 4.00. The predicted octanol–water partition coefficient (Wildman–Crippen LogP) is 5.54. The van der Waals surface area contributed by atoms with Crippen LogP contribution in [0.5, 0.6) is 0 Å². The van der Waals surface area contributed by atoms with Gasteiger partial charge in [-0.1, -0.05) is 46.5 Å². The van der Waals surface area contributed by atoms with Crippen molar-refractivity contribution in [2.24, 2.45) is 17.3 Å². The zero-order valence-electron chi connectivity index (χ0n) is 14.4. The summed E-state index contributed by atoms with van der Waals surface area (Å²) in [6.45, 7) is 9.73. The van der Waals surface area contributed by atoms with Crippen molar-refractivity contribution in [1.82, 2.24) is 5.32 Å². The van der Waals surface area contributed by atoms with Crippen LogP contribution >= 0.6 is 0 Å². The van der Waals surface area contributed by atoms with Gasteiger partial charge >= 0.3 is 0 Å². The summed E-state index contributed by atoms with van der Waals surface area (Å²) in [5.74, 6) is 1.88. The molecule has 1 N–H and O–H groups in total. The first-order valence-corrected chi connectivity index (χ1v) is 9.23. The maximum Gasteiger partial charge on any atom is 0.00697 e. The highest BCUT2D eigenvalue weighted by atomic mass is 14.9. The fourth-order valence-electron chi connectivity index (χ4n) is 4.48. The molecule has 1 nitrogen and oxygen atoms in total. The van der Waals surface area contributed by atoms with Crippen LogP contribution in [0.3, 0.4) is 0 Å². The van der Waals surface area contributed by atoms with E-state index in [1.807, 2.05) is 0 Å². The summed E-state index contributed by atoms with van der Waals surface area (Å²) in [7, 11) is 0. The van der Waals surface area contributed by atoms with Gasteiger partial charge in [-0.25, -0.2) is 0 Å². The van der Waals surface area contributed by atoms with Gasteiger partial charge in [-0.2, -0.15) is 0 Å². The summed E-state index contributed by atoms with van der Waals surface area (Å²) < 4.78 is 0. The van der Waals surface area contributed by atoms with Crippen molar-refractivity contribution in [3.05, 3.63) is 0 Å². The molecule has 0 aromatic rings.